The molecule has 5 nitrogen and oxygen atoms in total. The van der Waals surface area contributed by atoms with Gasteiger partial charge in [0.15, 0.2) is 11.7 Å². The zero-order chi connectivity index (χ0) is 18.0. The molecule has 5 heteroatoms. The molecule has 2 N–H and O–H groups in total. The second-order valence-corrected chi connectivity index (χ2v) is 7.59. The van der Waals surface area contributed by atoms with Gasteiger partial charge in [-0.1, -0.05) is 44.2 Å². The van der Waals surface area contributed by atoms with Crippen LogP contribution in [0.15, 0.2) is 34.7 Å². The van der Waals surface area contributed by atoms with Gasteiger partial charge in [0.2, 0.25) is 5.91 Å². The lowest BCUT2D eigenvalue weighted by atomic mass is 9.79. The van der Waals surface area contributed by atoms with E-state index in [1.807, 2.05) is 42.2 Å². The van der Waals surface area contributed by atoms with E-state index in [-0.39, 0.29) is 17.4 Å². The third-order valence-corrected chi connectivity index (χ3v) is 5.09. The first-order valence-corrected chi connectivity index (χ1v) is 8.92. The number of rotatable bonds is 4. The first-order valence-electron chi connectivity index (χ1n) is 8.92. The summed E-state index contributed by atoms with van der Waals surface area (Å²) in [6.07, 6.45) is 1.80. The zero-order valence-corrected chi connectivity index (χ0v) is 15.3. The van der Waals surface area contributed by atoms with Crippen LogP contribution >= 0.6 is 0 Å². The molecular formula is C20H27N3O2. The van der Waals surface area contributed by atoms with Gasteiger partial charge >= 0.3 is 0 Å². The number of aromatic nitrogens is 1. The number of nitrogens with two attached hydrogens (primary N) is 1. The summed E-state index contributed by atoms with van der Waals surface area (Å²) in [5.74, 6) is 1.56. The van der Waals surface area contributed by atoms with E-state index in [2.05, 4.69) is 18.8 Å². The van der Waals surface area contributed by atoms with Crippen molar-refractivity contribution < 1.29 is 9.21 Å². The molecule has 1 aromatic heterocycles. The SMILES string of the molecule is Cc1nc(CCC(=O)N2CCC(N)C(C)(C)C2)oc1-c1ccccc1. The number of amides is 1. The second kappa shape index (κ2) is 7.00. The number of aryl methyl sites for hydroxylation is 2. The molecule has 1 aromatic carbocycles. The van der Waals surface area contributed by atoms with Gasteiger partial charge < -0.3 is 15.1 Å². The Kier molecular flexibility index (Phi) is 4.95. The fourth-order valence-electron chi connectivity index (χ4n) is 3.38. The molecule has 1 aliphatic heterocycles. The molecule has 1 unspecified atom stereocenters. The molecule has 1 atom stereocenters. The topological polar surface area (TPSA) is 72.4 Å². The van der Waals surface area contributed by atoms with Gasteiger partial charge in [-0.25, -0.2) is 4.98 Å². The minimum Gasteiger partial charge on any atom is -0.440 e. The maximum Gasteiger partial charge on any atom is 0.223 e. The smallest absolute Gasteiger partial charge is 0.223 e. The molecule has 25 heavy (non-hydrogen) atoms. The molecule has 2 heterocycles. The Hall–Kier alpha value is -2.14. The molecule has 134 valence electrons. The number of nitrogens with zero attached hydrogens (tertiary/aromatic N) is 2. The van der Waals surface area contributed by atoms with E-state index in [0.717, 1.165) is 30.0 Å². The van der Waals surface area contributed by atoms with Crippen LogP contribution < -0.4 is 5.73 Å². The van der Waals surface area contributed by atoms with Gasteiger partial charge in [-0.05, 0) is 18.8 Å². The van der Waals surface area contributed by atoms with Crippen LogP contribution in [-0.4, -0.2) is 34.9 Å². The number of hydrogen-bond donors (Lipinski definition) is 1. The van der Waals surface area contributed by atoms with E-state index in [1.165, 1.54) is 0 Å². The molecule has 0 saturated carbocycles. The van der Waals surface area contributed by atoms with Crippen molar-refractivity contribution in [1.29, 1.82) is 0 Å². The number of carbonyl (C=O) groups is 1. The van der Waals surface area contributed by atoms with Gasteiger partial charge in [-0.2, -0.15) is 0 Å². The largest absolute Gasteiger partial charge is 0.440 e. The maximum atomic E-state index is 12.5. The number of carbonyl (C=O) groups excluding carboxylic acids is 1. The molecule has 0 bridgehead atoms. The monoisotopic (exact) mass is 341 g/mol. The Morgan fingerprint density at radius 3 is 2.76 bits per heavy atom. The number of likely N-dealkylation sites (tertiary alicyclic amines) is 1. The third-order valence-electron chi connectivity index (χ3n) is 5.09. The molecule has 1 fully saturated rings. The Morgan fingerprint density at radius 2 is 2.08 bits per heavy atom. The summed E-state index contributed by atoms with van der Waals surface area (Å²) in [7, 11) is 0. The molecular weight excluding hydrogens is 314 g/mol. The number of hydrogen-bond acceptors (Lipinski definition) is 4. The van der Waals surface area contributed by atoms with Gasteiger partial charge in [0.1, 0.15) is 0 Å². The van der Waals surface area contributed by atoms with Gasteiger partial charge in [-0.3, -0.25) is 4.79 Å². The molecule has 3 rings (SSSR count). The Bertz CT molecular complexity index is 737. The van der Waals surface area contributed by atoms with Crippen molar-refractivity contribution in [3.63, 3.8) is 0 Å². The van der Waals surface area contributed by atoms with Crippen LogP contribution in [0.4, 0.5) is 0 Å². The summed E-state index contributed by atoms with van der Waals surface area (Å²) in [6.45, 7) is 7.64. The van der Waals surface area contributed by atoms with E-state index in [1.54, 1.807) is 0 Å². The third kappa shape index (κ3) is 3.93. The zero-order valence-electron chi connectivity index (χ0n) is 15.3. The van der Waals surface area contributed by atoms with Gasteiger partial charge in [0.05, 0.1) is 5.69 Å². The predicted octanol–water partition coefficient (Wildman–Crippen LogP) is 3.17. The van der Waals surface area contributed by atoms with E-state index in [9.17, 15) is 4.79 Å². The number of benzene rings is 1. The molecule has 0 aliphatic carbocycles. The minimum atomic E-state index is -0.0338. The van der Waals surface area contributed by atoms with Crippen LogP contribution in [0.2, 0.25) is 0 Å². The van der Waals surface area contributed by atoms with Crippen molar-refractivity contribution in [1.82, 2.24) is 9.88 Å². The van der Waals surface area contributed by atoms with Crippen LogP contribution in [0.5, 0.6) is 0 Å². The van der Waals surface area contributed by atoms with Crippen molar-refractivity contribution >= 4 is 5.91 Å². The summed E-state index contributed by atoms with van der Waals surface area (Å²) in [5, 5.41) is 0. The van der Waals surface area contributed by atoms with Gasteiger partial charge in [0.25, 0.3) is 0 Å². The van der Waals surface area contributed by atoms with Crippen molar-refractivity contribution in [3.8, 4) is 11.3 Å². The van der Waals surface area contributed by atoms with E-state index >= 15 is 0 Å². The number of piperidine rings is 1. The maximum absolute atomic E-state index is 12.5. The summed E-state index contributed by atoms with van der Waals surface area (Å²) >= 11 is 0. The van der Waals surface area contributed by atoms with E-state index < -0.39 is 0 Å². The van der Waals surface area contributed by atoms with Crippen LogP contribution in [0.25, 0.3) is 11.3 Å². The van der Waals surface area contributed by atoms with Crippen LogP contribution in [-0.2, 0) is 11.2 Å². The average molecular weight is 341 g/mol. The molecule has 2 aromatic rings. The quantitative estimate of drug-likeness (QED) is 0.927. The highest BCUT2D eigenvalue weighted by atomic mass is 16.4. The van der Waals surface area contributed by atoms with Crippen molar-refractivity contribution in [3.05, 3.63) is 41.9 Å². The normalized spacial score (nSPS) is 19.8. The lowest BCUT2D eigenvalue weighted by molar-refractivity contribution is -0.134. The van der Waals surface area contributed by atoms with Gasteiger partial charge in [0, 0.05) is 37.5 Å². The first-order chi connectivity index (χ1) is 11.9. The number of oxazole rings is 1. The molecule has 1 aliphatic rings. The highest BCUT2D eigenvalue weighted by molar-refractivity contribution is 5.76. The fourth-order valence-corrected chi connectivity index (χ4v) is 3.38. The standard InChI is InChI=1S/C20H27N3O2/c1-14-19(15-7-5-4-6-8-15)25-17(22-14)9-10-18(24)23-12-11-16(21)20(2,3)13-23/h4-8,16H,9-13,21H2,1-3H3. The van der Waals surface area contributed by atoms with Crippen LogP contribution in [0.3, 0.4) is 0 Å². The summed E-state index contributed by atoms with van der Waals surface area (Å²) < 4.78 is 5.89. The fraction of sp³-hybridized carbons (Fsp3) is 0.500. The van der Waals surface area contributed by atoms with Crippen LogP contribution in [0.1, 0.15) is 38.3 Å². The van der Waals surface area contributed by atoms with Crippen molar-refractivity contribution in [2.24, 2.45) is 11.1 Å². The van der Waals surface area contributed by atoms with Crippen molar-refractivity contribution in [2.75, 3.05) is 13.1 Å². The minimum absolute atomic E-state index is 0.0338. The van der Waals surface area contributed by atoms with Crippen molar-refractivity contribution in [2.45, 2.75) is 46.1 Å². The lowest BCUT2D eigenvalue weighted by Gasteiger charge is -2.42. The summed E-state index contributed by atoms with van der Waals surface area (Å²) in [6, 6.07) is 10.1. The first kappa shape index (κ1) is 17.7. The highest BCUT2D eigenvalue weighted by Crippen LogP contribution is 2.28. The lowest BCUT2D eigenvalue weighted by Crippen LogP contribution is -2.54. The van der Waals surface area contributed by atoms with Crippen LogP contribution in [0, 0.1) is 12.3 Å². The van der Waals surface area contributed by atoms with E-state index in [0.29, 0.717) is 25.3 Å². The molecule has 1 saturated heterocycles. The summed E-state index contributed by atoms with van der Waals surface area (Å²) in [4.78, 5) is 19.0. The Labute approximate surface area is 149 Å². The summed E-state index contributed by atoms with van der Waals surface area (Å²) in [5.41, 5.74) is 7.99. The molecule has 0 radical (unpaired) electrons. The second-order valence-electron chi connectivity index (χ2n) is 7.59. The molecule has 1 amide bonds. The van der Waals surface area contributed by atoms with E-state index in [4.69, 9.17) is 10.2 Å². The molecule has 0 spiro atoms. The Balaban J connectivity index is 1.62. The predicted molar refractivity (Wildman–Crippen MR) is 98.0 cm³/mol. The van der Waals surface area contributed by atoms with Gasteiger partial charge in [-0.15, -0.1) is 0 Å². The Morgan fingerprint density at radius 1 is 1.36 bits per heavy atom. The highest BCUT2D eigenvalue weighted by Gasteiger charge is 2.35. The average Bonchev–Trinajstić information content (AvgIpc) is 2.96.